The molecule has 5 heteroatoms. The van der Waals surface area contributed by atoms with Crippen molar-refractivity contribution in [1.82, 2.24) is 0 Å². The molecule has 0 aliphatic carbocycles. The van der Waals surface area contributed by atoms with Crippen molar-refractivity contribution in [3.63, 3.8) is 0 Å². The Labute approximate surface area is 69.7 Å². The van der Waals surface area contributed by atoms with Gasteiger partial charge >= 0.3 is 0 Å². The average Bonchev–Trinajstić information content (AvgIpc) is 2.30. The van der Waals surface area contributed by atoms with Gasteiger partial charge in [0.25, 0.3) is 0 Å². The predicted molar refractivity (Wildman–Crippen MR) is 38.4 cm³/mol. The summed E-state index contributed by atoms with van der Waals surface area (Å²) in [6.45, 7) is 0. The molecule has 0 saturated carbocycles. The summed E-state index contributed by atoms with van der Waals surface area (Å²) in [7, 11) is 1.40. The monoisotopic (exact) mass is 182 g/mol. The number of ether oxygens (including phenoxy) is 2. The number of alkyl halides is 1. The van der Waals surface area contributed by atoms with Gasteiger partial charge in [-0.2, -0.15) is 0 Å². The Morgan fingerprint density at radius 2 is 2.09 bits per heavy atom. The number of aliphatic hydroxyl groups is 2. The Kier molecular flexibility index (Phi) is 3.09. The Morgan fingerprint density at radius 1 is 1.45 bits per heavy atom. The Morgan fingerprint density at radius 3 is 2.36 bits per heavy atom. The molecule has 0 spiro atoms. The molecule has 0 aromatic heterocycles. The molecule has 1 saturated heterocycles. The first-order valence-electron chi connectivity index (χ1n) is 3.31. The maximum atomic E-state index is 9.22. The molecule has 4 atom stereocenters. The summed E-state index contributed by atoms with van der Waals surface area (Å²) in [5, 5.41) is 18.4. The second-order valence-electron chi connectivity index (χ2n) is 2.41. The van der Waals surface area contributed by atoms with Crippen molar-refractivity contribution in [2.45, 2.75) is 24.6 Å². The van der Waals surface area contributed by atoms with Crippen LogP contribution in [0.3, 0.4) is 0 Å². The highest BCUT2D eigenvalue weighted by Gasteiger charge is 2.42. The molecular weight excluding hydrogens is 172 g/mol. The Bertz CT molecular complexity index is 114. The van der Waals surface area contributed by atoms with Gasteiger partial charge in [-0.25, -0.2) is 0 Å². The summed E-state index contributed by atoms with van der Waals surface area (Å²) in [5.74, 6) is 0.151. The van der Waals surface area contributed by atoms with Crippen LogP contribution in [0.1, 0.15) is 0 Å². The fourth-order valence-electron chi connectivity index (χ4n) is 1.04. The van der Waals surface area contributed by atoms with E-state index in [-0.39, 0.29) is 5.88 Å². The van der Waals surface area contributed by atoms with Gasteiger partial charge in [-0.1, -0.05) is 0 Å². The third-order valence-corrected chi connectivity index (χ3v) is 2.01. The van der Waals surface area contributed by atoms with Gasteiger partial charge in [0, 0.05) is 7.11 Å². The van der Waals surface area contributed by atoms with Crippen molar-refractivity contribution in [2.24, 2.45) is 0 Å². The fraction of sp³-hybridized carbons (Fsp3) is 1.00. The molecule has 0 aromatic carbocycles. The van der Waals surface area contributed by atoms with Crippen LogP contribution in [0.25, 0.3) is 0 Å². The minimum absolute atomic E-state index is 0.151. The number of rotatable bonds is 2. The van der Waals surface area contributed by atoms with E-state index in [1.807, 2.05) is 0 Å². The summed E-state index contributed by atoms with van der Waals surface area (Å²) < 4.78 is 9.77. The number of halogens is 1. The van der Waals surface area contributed by atoms with E-state index in [0.717, 1.165) is 0 Å². The zero-order valence-electron chi connectivity index (χ0n) is 6.11. The van der Waals surface area contributed by atoms with E-state index in [4.69, 9.17) is 21.1 Å². The van der Waals surface area contributed by atoms with E-state index in [1.165, 1.54) is 7.11 Å². The normalized spacial score (nSPS) is 44.7. The van der Waals surface area contributed by atoms with Gasteiger partial charge in [0.15, 0.2) is 6.29 Å². The van der Waals surface area contributed by atoms with E-state index < -0.39 is 24.6 Å². The molecule has 0 aromatic rings. The Hall–Kier alpha value is 0.130. The predicted octanol–water partition coefficient (Wildman–Crippen LogP) is -0.682. The van der Waals surface area contributed by atoms with Crippen LogP contribution in [0.4, 0.5) is 0 Å². The molecule has 0 bridgehead atoms. The summed E-state index contributed by atoms with van der Waals surface area (Å²) in [6.07, 6.45) is -3.23. The van der Waals surface area contributed by atoms with Crippen LogP contribution >= 0.6 is 11.6 Å². The first-order chi connectivity index (χ1) is 5.20. The average molecular weight is 183 g/mol. The van der Waals surface area contributed by atoms with Gasteiger partial charge in [-0.15, -0.1) is 11.6 Å². The van der Waals surface area contributed by atoms with Gasteiger partial charge in [0.2, 0.25) is 0 Å². The first-order valence-corrected chi connectivity index (χ1v) is 3.84. The van der Waals surface area contributed by atoms with Crippen LogP contribution in [0, 0.1) is 0 Å². The molecule has 1 fully saturated rings. The molecule has 66 valence electrons. The van der Waals surface area contributed by atoms with Crippen molar-refractivity contribution in [2.75, 3.05) is 13.0 Å². The van der Waals surface area contributed by atoms with Crippen LogP contribution in [-0.4, -0.2) is 47.8 Å². The number of hydrogen-bond donors (Lipinski definition) is 2. The number of aliphatic hydroxyl groups excluding tert-OH is 2. The number of hydrogen-bond acceptors (Lipinski definition) is 4. The van der Waals surface area contributed by atoms with Crippen molar-refractivity contribution in [1.29, 1.82) is 0 Å². The van der Waals surface area contributed by atoms with Crippen LogP contribution < -0.4 is 0 Å². The minimum Gasteiger partial charge on any atom is -0.387 e. The lowest BCUT2D eigenvalue weighted by molar-refractivity contribution is -0.145. The lowest BCUT2D eigenvalue weighted by Gasteiger charge is -2.11. The highest BCUT2D eigenvalue weighted by molar-refractivity contribution is 6.18. The largest absolute Gasteiger partial charge is 0.387 e. The molecule has 1 aliphatic rings. The molecular formula is C6H11ClO4. The van der Waals surface area contributed by atoms with Gasteiger partial charge in [-0.3, -0.25) is 0 Å². The van der Waals surface area contributed by atoms with E-state index in [2.05, 4.69) is 0 Å². The summed E-state index contributed by atoms with van der Waals surface area (Å²) in [5.41, 5.74) is 0. The van der Waals surface area contributed by atoms with Crippen molar-refractivity contribution in [3.8, 4) is 0 Å². The van der Waals surface area contributed by atoms with Crippen molar-refractivity contribution < 1.29 is 19.7 Å². The highest BCUT2D eigenvalue weighted by atomic mass is 35.5. The lowest BCUT2D eigenvalue weighted by atomic mass is 10.2. The zero-order chi connectivity index (χ0) is 8.43. The second kappa shape index (κ2) is 3.69. The molecule has 4 nitrogen and oxygen atoms in total. The maximum absolute atomic E-state index is 9.22. The zero-order valence-corrected chi connectivity index (χ0v) is 6.86. The van der Waals surface area contributed by atoms with Gasteiger partial charge < -0.3 is 19.7 Å². The van der Waals surface area contributed by atoms with E-state index >= 15 is 0 Å². The van der Waals surface area contributed by atoms with E-state index in [0.29, 0.717) is 0 Å². The quantitative estimate of drug-likeness (QED) is 0.556. The molecule has 2 N–H and O–H groups in total. The van der Waals surface area contributed by atoms with Gasteiger partial charge in [0.05, 0.1) is 5.88 Å². The van der Waals surface area contributed by atoms with E-state index in [9.17, 15) is 10.2 Å². The molecule has 1 aliphatic heterocycles. The summed E-state index contributed by atoms with van der Waals surface area (Å²) >= 11 is 5.44. The number of methoxy groups -OCH3 is 1. The van der Waals surface area contributed by atoms with Crippen molar-refractivity contribution >= 4 is 11.6 Å². The van der Waals surface area contributed by atoms with Gasteiger partial charge in [0.1, 0.15) is 18.3 Å². The third-order valence-electron chi connectivity index (χ3n) is 1.70. The van der Waals surface area contributed by atoms with Crippen LogP contribution in [0.15, 0.2) is 0 Å². The molecule has 0 unspecified atom stereocenters. The standard InChI is InChI=1S/C6H11ClO4/c1-10-6-5(9)4(8)3(2-7)11-6/h3-6,8-9H,2H2,1H3/t3-,4-,5+,6+/m0/s1. The molecule has 1 rings (SSSR count). The molecule has 11 heavy (non-hydrogen) atoms. The SMILES string of the molecule is CO[C@@H]1O[C@@H](CCl)[C@H](O)[C@H]1O. The smallest absolute Gasteiger partial charge is 0.186 e. The molecule has 0 radical (unpaired) electrons. The van der Waals surface area contributed by atoms with Gasteiger partial charge in [-0.05, 0) is 0 Å². The second-order valence-corrected chi connectivity index (χ2v) is 2.72. The first kappa shape index (κ1) is 9.22. The molecule has 1 heterocycles. The van der Waals surface area contributed by atoms with Crippen LogP contribution in [0.5, 0.6) is 0 Å². The van der Waals surface area contributed by atoms with E-state index in [1.54, 1.807) is 0 Å². The highest BCUT2D eigenvalue weighted by Crippen LogP contribution is 2.22. The Balaban J connectivity index is 2.53. The minimum atomic E-state index is -0.997. The van der Waals surface area contributed by atoms with Crippen LogP contribution in [0.2, 0.25) is 0 Å². The van der Waals surface area contributed by atoms with Crippen molar-refractivity contribution in [3.05, 3.63) is 0 Å². The van der Waals surface area contributed by atoms with Crippen LogP contribution in [-0.2, 0) is 9.47 Å². The topological polar surface area (TPSA) is 58.9 Å². The maximum Gasteiger partial charge on any atom is 0.186 e. The third kappa shape index (κ3) is 1.65. The molecule has 0 amide bonds. The fourth-order valence-corrected chi connectivity index (χ4v) is 1.29. The summed E-state index contributed by atoms with van der Waals surface area (Å²) in [6, 6.07) is 0. The summed E-state index contributed by atoms with van der Waals surface area (Å²) in [4.78, 5) is 0. The lowest BCUT2D eigenvalue weighted by Crippen LogP contribution is -2.33.